The van der Waals surface area contributed by atoms with Gasteiger partial charge in [-0.15, -0.1) is 11.3 Å². The van der Waals surface area contributed by atoms with Crippen LogP contribution >= 0.6 is 11.3 Å². The first kappa shape index (κ1) is 14.2. The molecule has 23 heavy (non-hydrogen) atoms. The minimum Gasteiger partial charge on any atom is -0.329 e. The summed E-state index contributed by atoms with van der Waals surface area (Å²) < 4.78 is 2.23. The zero-order valence-electron chi connectivity index (χ0n) is 12.9. The summed E-state index contributed by atoms with van der Waals surface area (Å²) in [6.45, 7) is 4.06. The minimum atomic E-state index is 0.0926. The van der Waals surface area contributed by atoms with Crippen LogP contribution in [0.2, 0.25) is 0 Å². The molecule has 1 aromatic carbocycles. The molecule has 1 aliphatic rings. The summed E-state index contributed by atoms with van der Waals surface area (Å²) >= 11 is 1.72. The fourth-order valence-electron chi connectivity index (χ4n) is 3.04. The Bertz CT molecular complexity index is 851. The van der Waals surface area contributed by atoms with E-state index in [0.717, 1.165) is 35.7 Å². The number of fused-ring (bicyclic) bond motifs is 1. The van der Waals surface area contributed by atoms with Crippen molar-refractivity contribution in [3.05, 3.63) is 64.9 Å². The lowest BCUT2D eigenvalue weighted by Gasteiger charge is -2.29. The van der Waals surface area contributed by atoms with E-state index in [1.165, 1.54) is 4.88 Å². The number of amides is 1. The first-order chi connectivity index (χ1) is 11.2. The standard InChI is InChI=1S/C18H17N3OS/c1-13-5-2-3-6-14(13)18(22)20-8-9-21-15(11-19-17(21)12-20)16-7-4-10-23-16/h2-7,10-11H,8-9,12H2,1H3. The highest BCUT2D eigenvalue weighted by Gasteiger charge is 2.25. The summed E-state index contributed by atoms with van der Waals surface area (Å²) in [6.07, 6.45) is 1.92. The molecule has 0 saturated heterocycles. The zero-order chi connectivity index (χ0) is 15.8. The molecule has 0 aliphatic carbocycles. The van der Waals surface area contributed by atoms with Crippen LogP contribution in [-0.2, 0) is 13.1 Å². The Morgan fingerprint density at radius 1 is 1.17 bits per heavy atom. The maximum atomic E-state index is 12.8. The fraction of sp³-hybridized carbons (Fsp3) is 0.222. The number of carbonyl (C=O) groups is 1. The van der Waals surface area contributed by atoms with Crippen LogP contribution in [0.3, 0.4) is 0 Å². The van der Waals surface area contributed by atoms with Crippen molar-refractivity contribution in [3.63, 3.8) is 0 Å². The van der Waals surface area contributed by atoms with Crippen LogP contribution in [0, 0.1) is 6.92 Å². The molecule has 3 heterocycles. The molecule has 3 aromatic rings. The van der Waals surface area contributed by atoms with Gasteiger partial charge in [0.1, 0.15) is 5.82 Å². The van der Waals surface area contributed by atoms with E-state index >= 15 is 0 Å². The Morgan fingerprint density at radius 2 is 2.04 bits per heavy atom. The molecule has 0 fully saturated rings. The highest BCUT2D eigenvalue weighted by atomic mass is 32.1. The van der Waals surface area contributed by atoms with Gasteiger partial charge in [-0.2, -0.15) is 0 Å². The first-order valence-corrected chi connectivity index (χ1v) is 8.55. The molecule has 0 saturated carbocycles. The van der Waals surface area contributed by atoms with Crippen molar-refractivity contribution >= 4 is 17.2 Å². The van der Waals surface area contributed by atoms with Gasteiger partial charge in [0.25, 0.3) is 5.91 Å². The van der Waals surface area contributed by atoms with Gasteiger partial charge in [0.2, 0.25) is 0 Å². The second-order valence-corrected chi connectivity index (χ2v) is 6.68. The number of hydrogen-bond acceptors (Lipinski definition) is 3. The second kappa shape index (κ2) is 5.66. The van der Waals surface area contributed by atoms with Crippen molar-refractivity contribution < 1.29 is 4.79 Å². The molecule has 0 N–H and O–H groups in total. The van der Waals surface area contributed by atoms with Crippen molar-refractivity contribution in [2.24, 2.45) is 0 Å². The predicted octanol–water partition coefficient (Wildman–Crippen LogP) is 3.58. The minimum absolute atomic E-state index is 0.0926. The van der Waals surface area contributed by atoms with Crippen LogP contribution in [0.1, 0.15) is 21.7 Å². The fourth-order valence-corrected chi connectivity index (χ4v) is 3.78. The van der Waals surface area contributed by atoms with E-state index in [-0.39, 0.29) is 5.91 Å². The van der Waals surface area contributed by atoms with Gasteiger partial charge in [-0.25, -0.2) is 4.98 Å². The quantitative estimate of drug-likeness (QED) is 0.723. The molecule has 4 nitrogen and oxygen atoms in total. The Hall–Kier alpha value is -2.40. The van der Waals surface area contributed by atoms with E-state index < -0.39 is 0 Å². The van der Waals surface area contributed by atoms with Crippen molar-refractivity contribution in [2.75, 3.05) is 6.54 Å². The number of rotatable bonds is 2. The number of benzene rings is 1. The number of imidazole rings is 1. The van der Waals surface area contributed by atoms with E-state index in [1.54, 1.807) is 11.3 Å². The average molecular weight is 323 g/mol. The molecule has 1 aliphatic heterocycles. The monoisotopic (exact) mass is 323 g/mol. The van der Waals surface area contributed by atoms with Gasteiger partial charge in [0, 0.05) is 18.7 Å². The molecule has 2 aromatic heterocycles. The number of carbonyl (C=O) groups excluding carboxylic acids is 1. The third-order valence-electron chi connectivity index (χ3n) is 4.30. The molecule has 5 heteroatoms. The van der Waals surface area contributed by atoms with E-state index in [1.807, 2.05) is 42.3 Å². The molecule has 0 spiro atoms. The normalized spacial score (nSPS) is 13.9. The summed E-state index contributed by atoms with van der Waals surface area (Å²) in [6, 6.07) is 11.9. The Kier molecular flexibility index (Phi) is 3.50. The van der Waals surface area contributed by atoms with Crippen LogP contribution in [0.15, 0.2) is 48.0 Å². The van der Waals surface area contributed by atoms with E-state index in [9.17, 15) is 4.79 Å². The number of aryl methyl sites for hydroxylation is 1. The summed E-state index contributed by atoms with van der Waals surface area (Å²) in [5.41, 5.74) is 2.95. The molecule has 1 amide bonds. The Balaban J connectivity index is 1.60. The third-order valence-corrected chi connectivity index (χ3v) is 5.19. The number of hydrogen-bond donors (Lipinski definition) is 0. The van der Waals surface area contributed by atoms with Crippen molar-refractivity contribution in [1.29, 1.82) is 0 Å². The topological polar surface area (TPSA) is 38.1 Å². The summed E-state index contributed by atoms with van der Waals surface area (Å²) in [7, 11) is 0. The van der Waals surface area contributed by atoms with Gasteiger partial charge in [0.05, 0.1) is 23.3 Å². The first-order valence-electron chi connectivity index (χ1n) is 7.67. The van der Waals surface area contributed by atoms with Gasteiger partial charge in [0.15, 0.2) is 0 Å². The number of thiophene rings is 1. The summed E-state index contributed by atoms with van der Waals surface area (Å²) in [5, 5.41) is 2.08. The van der Waals surface area contributed by atoms with Crippen LogP contribution in [-0.4, -0.2) is 26.9 Å². The highest BCUT2D eigenvalue weighted by Crippen LogP contribution is 2.28. The SMILES string of the molecule is Cc1ccccc1C(=O)N1CCn2c(-c3cccs3)cnc2C1. The van der Waals surface area contributed by atoms with Gasteiger partial charge >= 0.3 is 0 Å². The van der Waals surface area contributed by atoms with E-state index in [0.29, 0.717) is 6.54 Å². The van der Waals surface area contributed by atoms with Crippen LogP contribution in [0.5, 0.6) is 0 Å². The van der Waals surface area contributed by atoms with Gasteiger partial charge in [-0.3, -0.25) is 4.79 Å². The van der Waals surface area contributed by atoms with E-state index in [4.69, 9.17) is 0 Å². The zero-order valence-corrected chi connectivity index (χ0v) is 13.7. The Morgan fingerprint density at radius 3 is 2.83 bits per heavy atom. The Labute approximate surface area is 139 Å². The third kappa shape index (κ3) is 2.47. The van der Waals surface area contributed by atoms with Crippen molar-refractivity contribution in [1.82, 2.24) is 14.5 Å². The van der Waals surface area contributed by atoms with Gasteiger partial charge < -0.3 is 9.47 Å². The van der Waals surface area contributed by atoms with Crippen LogP contribution < -0.4 is 0 Å². The maximum Gasteiger partial charge on any atom is 0.254 e. The second-order valence-electron chi connectivity index (χ2n) is 5.73. The lowest BCUT2D eigenvalue weighted by atomic mass is 10.1. The van der Waals surface area contributed by atoms with Crippen molar-refractivity contribution in [2.45, 2.75) is 20.0 Å². The van der Waals surface area contributed by atoms with Gasteiger partial charge in [-0.05, 0) is 30.0 Å². The number of nitrogens with zero attached hydrogens (tertiary/aromatic N) is 3. The average Bonchev–Trinajstić information content (AvgIpc) is 3.23. The largest absolute Gasteiger partial charge is 0.329 e. The molecule has 0 radical (unpaired) electrons. The maximum absolute atomic E-state index is 12.8. The summed E-state index contributed by atoms with van der Waals surface area (Å²) in [5.74, 6) is 1.05. The van der Waals surface area contributed by atoms with Crippen LogP contribution in [0.25, 0.3) is 10.6 Å². The van der Waals surface area contributed by atoms with E-state index in [2.05, 4.69) is 27.1 Å². The molecular weight excluding hydrogens is 306 g/mol. The highest BCUT2D eigenvalue weighted by molar-refractivity contribution is 7.13. The smallest absolute Gasteiger partial charge is 0.254 e. The van der Waals surface area contributed by atoms with Gasteiger partial charge in [-0.1, -0.05) is 24.3 Å². The lowest BCUT2D eigenvalue weighted by molar-refractivity contribution is 0.0707. The molecule has 0 atom stereocenters. The molecule has 0 bridgehead atoms. The molecule has 4 rings (SSSR count). The molecule has 116 valence electrons. The van der Waals surface area contributed by atoms with Crippen LogP contribution in [0.4, 0.5) is 0 Å². The predicted molar refractivity (Wildman–Crippen MR) is 91.5 cm³/mol. The summed E-state index contributed by atoms with van der Waals surface area (Å²) in [4.78, 5) is 20.4. The number of aromatic nitrogens is 2. The van der Waals surface area contributed by atoms with Crippen molar-refractivity contribution in [3.8, 4) is 10.6 Å². The molecular formula is C18H17N3OS. The lowest BCUT2D eigenvalue weighted by Crippen LogP contribution is -2.38. The molecule has 0 unspecified atom stereocenters.